The molecule has 2 heterocycles. The number of benzene rings is 1. The lowest BCUT2D eigenvalue weighted by Gasteiger charge is -2.22. The Morgan fingerprint density at radius 1 is 1.24 bits per heavy atom. The minimum atomic E-state index is -0.478. The Bertz CT molecular complexity index is 1160. The molecule has 0 radical (unpaired) electrons. The lowest BCUT2D eigenvalue weighted by Crippen LogP contribution is -2.36. The van der Waals surface area contributed by atoms with Crippen molar-refractivity contribution in [3.05, 3.63) is 34.1 Å². The number of amides is 2. The first-order valence-electron chi connectivity index (χ1n) is 9.55. The van der Waals surface area contributed by atoms with Crippen LogP contribution in [0.5, 0.6) is 0 Å². The molecule has 0 aliphatic heterocycles. The van der Waals surface area contributed by atoms with Gasteiger partial charge in [0.1, 0.15) is 0 Å². The fourth-order valence-electron chi connectivity index (χ4n) is 3.75. The van der Waals surface area contributed by atoms with Crippen LogP contribution in [0.15, 0.2) is 28.2 Å². The van der Waals surface area contributed by atoms with Gasteiger partial charge in [0.25, 0.3) is 11.5 Å². The summed E-state index contributed by atoms with van der Waals surface area (Å²) in [5.74, 6) is -0.271. The maximum Gasteiger partial charge on any atom is 0.262 e. The van der Waals surface area contributed by atoms with Crippen LogP contribution < -0.4 is 16.6 Å². The van der Waals surface area contributed by atoms with Crippen LogP contribution in [0.1, 0.15) is 42.5 Å². The Balaban J connectivity index is 1.79. The fourth-order valence-corrected chi connectivity index (χ4v) is 4.42. The van der Waals surface area contributed by atoms with Gasteiger partial charge in [-0.05, 0) is 31.0 Å². The molecule has 0 saturated heterocycles. The predicted molar refractivity (Wildman–Crippen MR) is 110 cm³/mol. The summed E-state index contributed by atoms with van der Waals surface area (Å²) < 4.78 is 3.08. The molecule has 2 amide bonds. The van der Waals surface area contributed by atoms with Gasteiger partial charge < -0.3 is 11.1 Å². The number of aromatic nitrogens is 4. The van der Waals surface area contributed by atoms with E-state index in [0.29, 0.717) is 27.4 Å². The van der Waals surface area contributed by atoms with Gasteiger partial charge in [-0.15, -0.1) is 10.2 Å². The van der Waals surface area contributed by atoms with Crippen molar-refractivity contribution >= 4 is 40.3 Å². The van der Waals surface area contributed by atoms with E-state index in [1.165, 1.54) is 11.0 Å². The van der Waals surface area contributed by atoms with Gasteiger partial charge in [-0.3, -0.25) is 23.4 Å². The van der Waals surface area contributed by atoms with Crippen LogP contribution in [-0.2, 0) is 11.8 Å². The highest BCUT2D eigenvalue weighted by molar-refractivity contribution is 7.99. The van der Waals surface area contributed by atoms with E-state index in [0.717, 1.165) is 37.4 Å². The summed E-state index contributed by atoms with van der Waals surface area (Å²) in [7, 11) is 1.61. The number of nitrogens with one attached hydrogen (secondary N) is 1. The van der Waals surface area contributed by atoms with Crippen molar-refractivity contribution in [1.29, 1.82) is 0 Å². The van der Waals surface area contributed by atoms with Gasteiger partial charge in [0.05, 0.1) is 16.7 Å². The molecular weight excluding hydrogens is 392 g/mol. The van der Waals surface area contributed by atoms with Crippen LogP contribution in [0.4, 0.5) is 0 Å². The molecule has 2 aromatic heterocycles. The molecular formula is C19H22N6O3S. The van der Waals surface area contributed by atoms with Crippen LogP contribution in [-0.4, -0.2) is 42.8 Å². The van der Waals surface area contributed by atoms with Crippen LogP contribution >= 0.6 is 11.8 Å². The maximum absolute atomic E-state index is 12.8. The summed E-state index contributed by atoms with van der Waals surface area (Å²) >= 11 is 1.14. The lowest BCUT2D eigenvalue weighted by molar-refractivity contribution is -0.115. The number of aryl methyl sites for hydroxylation is 1. The normalized spacial score (nSPS) is 15.1. The lowest BCUT2D eigenvalue weighted by atomic mass is 9.95. The third-order valence-electron chi connectivity index (χ3n) is 5.24. The molecule has 0 atom stereocenters. The summed E-state index contributed by atoms with van der Waals surface area (Å²) in [4.78, 5) is 36.7. The van der Waals surface area contributed by atoms with E-state index in [-0.39, 0.29) is 23.3 Å². The molecule has 1 aliphatic carbocycles. The molecule has 1 saturated carbocycles. The first kappa shape index (κ1) is 19.4. The Morgan fingerprint density at radius 2 is 2.00 bits per heavy atom. The molecule has 1 aliphatic rings. The van der Waals surface area contributed by atoms with Crippen molar-refractivity contribution in [2.45, 2.75) is 43.3 Å². The maximum atomic E-state index is 12.8. The molecule has 1 fully saturated rings. The van der Waals surface area contributed by atoms with E-state index in [9.17, 15) is 14.4 Å². The highest BCUT2D eigenvalue weighted by Crippen LogP contribution is 2.23. The SMILES string of the molecule is Cn1c(=O)c2ccc(C(=O)NC3CCCCC3)cc2n2c(SCC(N)=O)nnc12. The van der Waals surface area contributed by atoms with Crippen molar-refractivity contribution in [2.75, 3.05) is 5.75 Å². The van der Waals surface area contributed by atoms with Gasteiger partial charge in [0.15, 0.2) is 5.16 Å². The van der Waals surface area contributed by atoms with Crippen molar-refractivity contribution < 1.29 is 9.59 Å². The second-order valence-corrected chi connectivity index (χ2v) is 8.22. The second kappa shape index (κ2) is 7.86. The summed E-state index contributed by atoms with van der Waals surface area (Å²) in [6.45, 7) is 0. The molecule has 0 spiro atoms. The third-order valence-corrected chi connectivity index (χ3v) is 6.19. The number of hydrogen-bond donors (Lipinski definition) is 2. The molecule has 9 nitrogen and oxygen atoms in total. The van der Waals surface area contributed by atoms with Gasteiger partial charge in [-0.1, -0.05) is 31.0 Å². The highest BCUT2D eigenvalue weighted by Gasteiger charge is 2.20. The Morgan fingerprint density at radius 3 is 2.72 bits per heavy atom. The summed E-state index contributed by atoms with van der Waals surface area (Å²) in [5.41, 5.74) is 6.01. The molecule has 152 valence electrons. The van der Waals surface area contributed by atoms with E-state index < -0.39 is 5.91 Å². The Hall–Kier alpha value is -2.88. The number of nitrogens with two attached hydrogens (primary N) is 1. The summed E-state index contributed by atoms with van der Waals surface area (Å²) in [5, 5.41) is 12.1. The average molecular weight is 414 g/mol. The van der Waals surface area contributed by atoms with Crippen LogP contribution in [0.3, 0.4) is 0 Å². The first-order valence-corrected chi connectivity index (χ1v) is 10.5. The summed E-state index contributed by atoms with van der Waals surface area (Å²) in [6, 6.07) is 5.18. The largest absolute Gasteiger partial charge is 0.369 e. The first-order chi connectivity index (χ1) is 14.0. The monoisotopic (exact) mass is 414 g/mol. The summed E-state index contributed by atoms with van der Waals surface area (Å²) in [6.07, 6.45) is 5.44. The number of carbonyl (C=O) groups excluding carboxylic acids is 2. The molecule has 3 N–H and O–H groups in total. The van der Waals surface area contributed by atoms with Crippen LogP contribution in [0, 0.1) is 0 Å². The van der Waals surface area contributed by atoms with Gasteiger partial charge in [0, 0.05) is 18.7 Å². The van der Waals surface area contributed by atoms with Crippen molar-refractivity contribution in [3.63, 3.8) is 0 Å². The molecule has 1 aromatic carbocycles. The minimum absolute atomic E-state index is 0.0347. The number of carbonyl (C=O) groups is 2. The number of fused-ring (bicyclic) bond motifs is 3. The van der Waals surface area contributed by atoms with Crippen molar-refractivity contribution in [1.82, 2.24) is 24.5 Å². The van der Waals surface area contributed by atoms with E-state index in [2.05, 4.69) is 15.5 Å². The third kappa shape index (κ3) is 3.71. The Labute approximate surface area is 170 Å². The standard InChI is InChI=1S/C19H22N6O3S/c1-24-17(28)13-8-7-11(16(27)21-12-5-3-2-4-6-12)9-14(13)25-18(24)22-23-19(25)29-10-15(20)26/h7-9,12H,2-6,10H2,1H3,(H2,20,26)(H,21,27). The zero-order valence-corrected chi connectivity index (χ0v) is 16.9. The van der Waals surface area contributed by atoms with Crippen LogP contribution in [0.25, 0.3) is 16.7 Å². The molecule has 0 bridgehead atoms. The molecule has 10 heteroatoms. The van der Waals surface area contributed by atoms with E-state index >= 15 is 0 Å². The number of primary amides is 1. The number of hydrogen-bond acceptors (Lipinski definition) is 6. The van der Waals surface area contributed by atoms with Crippen molar-refractivity contribution in [2.24, 2.45) is 12.8 Å². The van der Waals surface area contributed by atoms with Gasteiger partial charge in [-0.25, -0.2) is 0 Å². The number of nitrogens with zero attached hydrogens (tertiary/aromatic N) is 4. The van der Waals surface area contributed by atoms with Gasteiger partial charge in [0.2, 0.25) is 11.7 Å². The second-order valence-electron chi connectivity index (χ2n) is 7.28. The average Bonchev–Trinajstić information content (AvgIpc) is 3.15. The highest BCUT2D eigenvalue weighted by atomic mass is 32.2. The number of thioether (sulfide) groups is 1. The van der Waals surface area contributed by atoms with Crippen molar-refractivity contribution in [3.8, 4) is 0 Å². The topological polar surface area (TPSA) is 124 Å². The van der Waals surface area contributed by atoms with Crippen LogP contribution in [0.2, 0.25) is 0 Å². The predicted octanol–water partition coefficient (Wildman–Crippen LogP) is 1.22. The molecule has 3 aromatic rings. The zero-order valence-electron chi connectivity index (χ0n) is 16.1. The minimum Gasteiger partial charge on any atom is -0.369 e. The van der Waals surface area contributed by atoms with E-state index in [4.69, 9.17) is 5.73 Å². The quantitative estimate of drug-likeness (QED) is 0.605. The molecule has 29 heavy (non-hydrogen) atoms. The zero-order chi connectivity index (χ0) is 20.5. The molecule has 4 rings (SSSR count). The molecule has 0 unspecified atom stereocenters. The Kier molecular flexibility index (Phi) is 5.27. The van der Waals surface area contributed by atoms with Gasteiger partial charge in [-0.2, -0.15) is 0 Å². The number of rotatable bonds is 5. The fraction of sp³-hybridized carbons (Fsp3) is 0.421. The van der Waals surface area contributed by atoms with E-state index in [1.54, 1.807) is 29.6 Å². The smallest absolute Gasteiger partial charge is 0.262 e. The van der Waals surface area contributed by atoms with E-state index in [1.807, 2.05) is 0 Å². The van der Waals surface area contributed by atoms with Gasteiger partial charge >= 0.3 is 0 Å².